The fourth-order valence-corrected chi connectivity index (χ4v) is 6.80. The van der Waals surface area contributed by atoms with Crippen LogP contribution in [0.5, 0.6) is 0 Å². The zero-order valence-electron chi connectivity index (χ0n) is 23.5. The summed E-state index contributed by atoms with van der Waals surface area (Å²) in [7, 11) is 0. The van der Waals surface area contributed by atoms with E-state index < -0.39 is 12.0 Å². The monoisotopic (exact) mass is 625 g/mol. The number of hydrogen-bond donors (Lipinski definition) is 0. The SMILES string of the molecule is CSc1ccc([C@H]2C(C(=O)OC(C)C)=C(C)N=c3s/c(=C\c4cc(C)n(-c5ccc(Cl)c(Cl)c5)c4C)c(=O)n32)cc1. The topological polar surface area (TPSA) is 65.6 Å². The van der Waals surface area contributed by atoms with Crippen LogP contribution in [-0.2, 0) is 9.53 Å². The zero-order valence-corrected chi connectivity index (χ0v) is 26.6. The van der Waals surface area contributed by atoms with Crippen molar-refractivity contribution in [3.63, 3.8) is 0 Å². The summed E-state index contributed by atoms with van der Waals surface area (Å²) in [4.78, 5) is 33.7. The molecule has 0 spiro atoms. The molecule has 0 bridgehead atoms. The molecule has 0 aliphatic carbocycles. The number of thiazole rings is 1. The van der Waals surface area contributed by atoms with Gasteiger partial charge in [-0.15, -0.1) is 11.8 Å². The molecule has 0 radical (unpaired) electrons. The quantitative estimate of drug-likeness (QED) is 0.178. The third kappa shape index (κ3) is 5.58. The molecular formula is C31H29Cl2N3O3S2. The summed E-state index contributed by atoms with van der Waals surface area (Å²) in [5, 5.41) is 0.961. The average Bonchev–Trinajstić information content (AvgIpc) is 3.38. The number of hydrogen-bond acceptors (Lipinski definition) is 6. The maximum absolute atomic E-state index is 14.0. The van der Waals surface area contributed by atoms with Gasteiger partial charge in [0, 0.05) is 22.0 Å². The van der Waals surface area contributed by atoms with Gasteiger partial charge in [0.15, 0.2) is 4.80 Å². The summed E-state index contributed by atoms with van der Waals surface area (Å²) in [6.45, 7) is 9.41. The molecule has 41 heavy (non-hydrogen) atoms. The molecule has 4 aromatic rings. The fourth-order valence-electron chi connectivity index (χ4n) is 5.06. The van der Waals surface area contributed by atoms with Crippen LogP contribution in [0, 0.1) is 13.8 Å². The fraction of sp³-hybridized carbons (Fsp3) is 0.258. The van der Waals surface area contributed by atoms with Crippen molar-refractivity contribution in [3.8, 4) is 5.69 Å². The van der Waals surface area contributed by atoms with Crippen LogP contribution in [-0.4, -0.2) is 27.5 Å². The number of fused-ring (bicyclic) bond motifs is 1. The highest BCUT2D eigenvalue weighted by atomic mass is 35.5. The third-order valence-electron chi connectivity index (χ3n) is 6.93. The van der Waals surface area contributed by atoms with Crippen molar-refractivity contribution >= 4 is 58.3 Å². The molecule has 212 valence electrons. The maximum Gasteiger partial charge on any atom is 0.338 e. The molecule has 1 aliphatic rings. The van der Waals surface area contributed by atoms with Gasteiger partial charge in [-0.1, -0.05) is 46.7 Å². The van der Waals surface area contributed by atoms with E-state index in [0.29, 0.717) is 30.6 Å². The molecule has 0 fully saturated rings. The summed E-state index contributed by atoms with van der Waals surface area (Å²) in [6.07, 6.45) is 3.59. The molecule has 5 rings (SSSR count). The Kier molecular flexibility index (Phi) is 8.39. The third-order valence-corrected chi connectivity index (χ3v) is 9.40. The Morgan fingerprint density at radius 1 is 1.07 bits per heavy atom. The Morgan fingerprint density at radius 2 is 1.78 bits per heavy atom. The number of benzene rings is 2. The van der Waals surface area contributed by atoms with E-state index in [2.05, 4.69) is 4.57 Å². The van der Waals surface area contributed by atoms with E-state index in [-0.39, 0.29) is 11.7 Å². The van der Waals surface area contributed by atoms with Crippen LogP contribution in [0.1, 0.15) is 49.3 Å². The van der Waals surface area contributed by atoms with Gasteiger partial charge in [0.25, 0.3) is 5.56 Å². The number of nitrogens with zero attached hydrogens (tertiary/aromatic N) is 3. The van der Waals surface area contributed by atoms with Crippen molar-refractivity contribution in [1.29, 1.82) is 0 Å². The first-order valence-corrected chi connectivity index (χ1v) is 15.8. The van der Waals surface area contributed by atoms with Crippen LogP contribution >= 0.6 is 46.3 Å². The minimum atomic E-state index is -0.654. The van der Waals surface area contributed by atoms with Gasteiger partial charge >= 0.3 is 5.97 Å². The van der Waals surface area contributed by atoms with Gasteiger partial charge in [-0.05, 0) is 94.5 Å². The second-order valence-corrected chi connectivity index (χ2v) is 12.8. The molecule has 0 saturated carbocycles. The van der Waals surface area contributed by atoms with Gasteiger partial charge in [0.1, 0.15) is 0 Å². The number of thioether (sulfide) groups is 1. The number of rotatable bonds is 6. The Labute approximate surface area is 256 Å². The number of esters is 1. The first-order valence-electron chi connectivity index (χ1n) is 13.0. The highest BCUT2D eigenvalue weighted by molar-refractivity contribution is 7.98. The lowest BCUT2D eigenvalue weighted by Gasteiger charge is -2.25. The van der Waals surface area contributed by atoms with Crippen molar-refractivity contribution < 1.29 is 9.53 Å². The highest BCUT2D eigenvalue weighted by Gasteiger charge is 2.33. The lowest BCUT2D eigenvalue weighted by Crippen LogP contribution is -2.40. The van der Waals surface area contributed by atoms with Crippen LogP contribution in [0.15, 0.2) is 74.5 Å². The van der Waals surface area contributed by atoms with Crippen molar-refractivity contribution in [1.82, 2.24) is 9.13 Å². The van der Waals surface area contributed by atoms with Crippen molar-refractivity contribution in [2.24, 2.45) is 4.99 Å². The molecule has 1 atom stereocenters. The van der Waals surface area contributed by atoms with Crippen LogP contribution < -0.4 is 14.9 Å². The van der Waals surface area contributed by atoms with Crippen molar-refractivity contribution in [3.05, 3.63) is 112 Å². The Bertz CT molecular complexity index is 1880. The molecule has 1 aliphatic heterocycles. The largest absolute Gasteiger partial charge is 0.459 e. The number of ether oxygens (including phenoxy) is 1. The molecule has 2 aromatic carbocycles. The predicted octanol–water partition coefficient (Wildman–Crippen LogP) is 6.62. The Morgan fingerprint density at radius 3 is 2.41 bits per heavy atom. The van der Waals surface area contributed by atoms with E-state index in [1.165, 1.54) is 11.3 Å². The number of carbonyl (C=O) groups excluding carboxylic acids is 1. The number of allylic oxidation sites excluding steroid dienone is 1. The average molecular weight is 627 g/mol. The second kappa shape index (κ2) is 11.7. The number of carbonyl (C=O) groups is 1. The van der Waals surface area contributed by atoms with Gasteiger partial charge in [0.05, 0.1) is 38.0 Å². The lowest BCUT2D eigenvalue weighted by molar-refractivity contribution is -0.143. The summed E-state index contributed by atoms with van der Waals surface area (Å²) in [5.41, 5.74) is 5.23. The normalized spacial score (nSPS) is 15.3. The molecule has 0 unspecified atom stereocenters. The van der Waals surface area contributed by atoms with Crippen LogP contribution in [0.2, 0.25) is 10.0 Å². The maximum atomic E-state index is 14.0. The molecule has 10 heteroatoms. The highest BCUT2D eigenvalue weighted by Crippen LogP contribution is 2.32. The predicted molar refractivity (Wildman–Crippen MR) is 168 cm³/mol. The standard InChI is InChI=1S/C31H29Cl2N3O3S2/c1-16(2)39-30(38)27-18(4)34-31-36(28(27)20-7-10-23(40-6)11-8-20)29(37)26(41-31)14-21-13-17(3)35(19(21)5)22-9-12-24(32)25(33)15-22/h7-16,28H,1-6H3/b26-14-/t28-/m0/s1. The minimum absolute atomic E-state index is 0.214. The van der Waals surface area contributed by atoms with Gasteiger partial charge < -0.3 is 9.30 Å². The number of aromatic nitrogens is 2. The van der Waals surface area contributed by atoms with Gasteiger partial charge in [0.2, 0.25) is 0 Å². The van der Waals surface area contributed by atoms with E-state index >= 15 is 0 Å². The van der Waals surface area contributed by atoms with E-state index in [0.717, 1.165) is 33.1 Å². The molecule has 6 nitrogen and oxygen atoms in total. The van der Waals surface area contributed by atoms with Gasteiger partial charge in [-0.3, -0.25) is 9.36 Å². The summed E-state index contributed by atoms with van der Waals surface area (Å²) < 4.78 is 9.82. The van der Waals surface area contributed by atoms with E-state index in [4.69, 9.17) is 32.9 Å². The van der Waals surface area contributed by atoms with Crippen LogP contribution in [0.4, 0.5) is 0 Å². The second-order valence-electron chi connectivity index (χ2n) is 10.1. The molecule has 0 N–H and O–H groups in total. The van der Waals surface area contributed by atoms with E-state index in [1.54, 1.807) is 43.2 Å². The Hall–Kier alpha value is -3.04. The number of halogens is 2. The van der Waals surface area contributed by atoms with Crippen LogP contribution in [0.25, 0.3) is 11.8 Å². The minimum Gasteiger partial charge on any atom is -0.459 e. The summed E-state index contributed by atoms with van der Waals surface area (Å²) in [5.74, 6) is -0.473. The molecule has 2 aromatic heterocycles. The molecule has 0 amide bonds. The lowest BCUT2D eigenvalue weighted by atomic mass is 9.96. The summed E-state index contributed by atoms with van der Waals surface area (Å²) >= 11 is 15.4. The van der Waals surface area contributed by atoms with Crippen molar-refractivity contribution in [2.75, 3.05) is 6.26 Å². The van der Waals surface area contributed by atoms with Crippen LogP contribution in [0.3, 0.4) is 0 Å². The molecule has 3 heterocycles. The van der Waals surface area contributed by atoms with Gasteiger partial charge in [-0.2, -0.15) is 0 Å². The van der Waals surface area contributed by atoms with E-state index in [1.807, 2.05) is 68.6 Å². The first kappa shape index (κ1) is 29.5. The molecule has 0 saturated heterocycles. The summed E-state index contributed by atoms with van der Waals surface area (Å²) in [6, 6.07) is 14.8. The van der Waals surface area contributed by atoms with E-state index in [9.17, 15) is 9.59 Å². The van der Waals surface area contributed by atoms with Crippen molar-refractivity contribution in [2.45, 2.75) is 51.7 Å². The van der Waals surface area contributed by atoms with Gasteiger partial charge in [-0.25, -0.2) is 9.79 Å². The molecular weight excluding hydrogens is 597 g/mol. The smallest absolute Gasteiger partial charge is 0.338 e. The number of aryl methyl sites for hydroxylation is 1. The Balaban J connectivity index is 1.68. The first-order chi connectivity index (χ1) is 19.5. The zero-order chi connectivity index (χ0) is 29.6.